The first-order valence-corrected chi connectivity index (χ1v) is 12.7. The molecule has 0 aliphatic carbocycles. The monoisotopic (exact) mass is 498 g/mol. The highest BCUT2D eigenvalue weighted by Crippen LogP contribution is 2.44. The molecule has 1 aromatic heterocycles. The number of nitrogens with zero attached hydrogens (tertiary/aromatic N) is 2. The summed E-state index contributed by atoms with van der Waals surface area (Å²) in [6.07, 6.45) is 0.888. The Kier molecular flexibility index (Phi) is 6.33. The molecule has 7 heteroatoms. The quantitative estimate of drug-likeness (QED) is 0.195. The molecule has 5 rings (SSSR count). The lowest BCUT2D eigenvalue weighted by Gasteiger charge is -2.23. The van der Waals surface area contributed by atoms with E-state index in [2.05, 4.69) is 13.0 Å². The van der Waals surface area contributed by atoms with Crippen LogP contribution in [0.3, 0.4) is 0 Å². The summed E-state index contributed by atoms with van der Waals surface area (Å²) < 4.78 is 6.44. The minimum Gasteiger partial charge on any atom is -0.507 e. The molecule has 1 fully saturated rings. The van der Waals surface area contributed by atoms with Gasteiger partial charge in [0.1, 0.15) is 11.5 Å². The van der Waals surface area contributed by atoms with Gasteiger partial charge in [-0.1, -0.05) is 54.2 Å². The van der Waals surface area contributed by atoms with E-state index in [4.69, 9.17) is 9.72 Å². The van der Waals surface area contributed by atoms with E-state index in [1.807, 2.05) is 50.2 Å². The molecule has 1 amide bonds. The van der Waals surface area contributed by atoms with Crippen LogP contribution in [0.15, 0.2) is 72.3 Å². The molecule has 0 saturated carbocycles. The van der Waals surface area contributed by atoms with Crippen LogP contribution in [0, 0.1) is 6.92 Å². The number of carbonyl (C=O) groups excluding carboxylic acids is 2. The summed E-state index contributed by atoms with van der Waals surface area (Å²) in [5, 5.41) is 11.8. The number of thiazole rings is 1. The van der Waals surface area contributed by atoms with Gasteiger partial charge in [-0.25, -0.2) is 4.98 Å². The first-order valence-electron chi connectivity index (χ1n) is 11.9. The molecule has 6 nitrogen and oxygen atoms in total. The van der Waals surface area contributed by atoms with E-state index in [-0.39, 0.29) is 11.3 Å². The summed E-state index contributed by atoms with van der Waals surface area (Å²) in [4.78, 5) is 33.0. The zero-order valence-corrected chi connectivity index (χ0v) is 21.1. The van der Waals surface area contributed by atoms with E-state index in [1.54, 1.807) is 24.3 Å². The minimum atomic E-state index is -0.803. The van der Waals surface area contributed by atoms with Gasteiger partial charge < -0.3 is 9.84 Å². The zero-order valence-electron chi connectivity index (χ0n) is 20.3. The Morgan fingerprint density at radius 3 is 2.53 bits per heavy atom. The summed E-state index contributed by atoms with van der Waals surface area (Å²) in [5.41, 5.74) is 4.13. The van der Waals surface area contributed by atoms with Gasteiger partial charge in [-0.05, 0) is 67.8 Å². The Morgan fingerprint density at radius 1 is 1.06 bits per heavy atom. The summed E-state index contributed by atoms with van der Waals surface area (Å²) >= 11 is 1.37. The number of benzene rings is 3. The van der Waals surface area contributed by atoms with Gasteiger partial charge in [-0.2, -0.15) is 0 Å². The number of Topliss-reactive ketones (excluding diaryl/α,β-unsaturated/α-hetero) is 1. The lowest BCUT2D eigenvalue weighted by atomic mass is 9.94. The number of aromatic nitrogens is 1. The largest absolute Gasteiger partial charge is 0.507 e. The number of hydrogen-bond acceptors (Lipinski definition) is 6. The molecule has 0 spiro atoms. The van der Waals surface area contributed by atoms with Crippen LogP contribution in [0.2, 0.25) is 0 Å². The number of ether oxygens (including phenoxy) is 1. The Labute approximate surface area is 213 Å². The van der Waals surface area contributed by atoms with Crippen molar-refractivity contribution in [1.82, 2.24) is 4.98 Å². The third-order valence-electron chi connectivity index (χ3n) is 6.30. The van der Waals surface area contributed by atoms with Gasteiger partial charge >= 0.3 is 5.91 Å². The molecule has 1 atom stereocenters. The van der Waals surface area contributed by atoms with Crippen molar-refractivity contribution in [2.24, 2.45) is 0 Å². The van der Waals surface area contributed by atoms with Crippen molar-refractivity contribution < 1.29 is 19.4 Å². The van der Waals surface area contributed by atoms with Crippen LogP contribution in [0.4, 0.5) is 5.13 Å². The molecule has 1 aliphatic heterocycles. The van der Waals surface area contributed by atoms with Crippen LogP contribution < -0.4 is 9.64 Å². The number of fused-ring (bicyclic) bond motifs is 1. The molecule has 1 saturated heterocycles. The lowest BCUT2D eigenvalue weighted by molar-refractivity contribution is -0.132. The van der Waals surface area contributed by atoms with Gasteiger partial charge in [0.2, 0.25) is 0 Å². The molecule has 4 aromatic rings. The highest BCUT2D eigenvalue weighted by atomic mass is 32.1. The van der Waals surface area contributed by atoms with Gasteiger partial charge in [0.15, 0.2) is 5.13 Å². The minimum absolute atomic E-state index is 0.0447. The second kappa shape index (κ2) is 9.59. The van der Waals surface area contributed by atoms with Gasteiger partial charge in [0, 0.05) is 5.56 Å². The molecular weight excluding hydrogens is 472 g/mol. The predicted octanol–water partition coefficient (Wildman–Crippen LogP) is 6.19. The summed E-state index contributed by atoms with van der Waals surface area (Å²) in [6, 6.07) is 19.7. The van der Waals surface area contributed by atoms with Crippen LogP contribution in [-0.4, -0.2) is 28.4 Å². The molecule has 1 aliphatic rings. The number of anilines is 1. The van der Waals surface area contributed by atoms with Crippen LogP contribution in [0.25, 0.3) is 16.0 Å². The normalized spacial score (nSPS) is 17.2. The predicted molar refractivity (Wildman–Crippen MR) is 143 cm³/mol. The lowest BCUT2D eigenvalue weighted by Crippen LogP contribution is -2.29. The first-order chi connectivity index (χ1) is 17.4. The topological polar surface area (TPSA) is 79.7 Å². The second-order valence-electron chi connectivity index (χ2n) is 8.69. The molecule has 182 valence electrons. The van der Waals surface area contributed by atoms with Crippen molar-refractivity contribution in [1.29, 1.82) is 0 Å². The van der Waals surface area contributed by atoms with E-state index in [9.17, 15) is 14.7 Å². The third kappa shape index (κ3) is 4.16. The Morgan fingerprint density at radius 2 is 1.83 bits per heavy atom. The van der Waals surface area contributed by atoms with Gasteiger partial charge in [-0.3, -0.25) is 14.5 Å². The fraction of sp³-hybridized carbons (Fsp3) is 0.207. The number of rotatable bonds is 6. The third-order valence-corrected chi connectivity index (χ3v) is 7.31. The van der Waals surface area contributed by atoms with Crippen molar-refractivity contribution in [2.45, 2.75) is 33.2 Å². The summed E-state index contributed by atoms with van der Waals surface area (Å²) in [5.74, 6) is -1.00. The highest BCUT2D eigenvalue weighted by Gasteiger charge is 2.48. The number of amides is 1. The maximum Gasteiger partial charge on any atom is 0.301 e. The van der Waals surface area contributed by atoms with E-state index in [0.717, 1.165) is 27.8 Å². The zero-order chi connectivity index (χ0) is 25.4. The summed E-state index contributed by atoms with van der Waals surface area (Å²) in [6.45, 7) is 6.44. The van der Waals surface area contributed by atoms with Gasteiger partial charge in [-0.15, -0.1) is 0 Å². The van der Waals surface area contributed by atoms with Crippen LogP contribution in [-0.2, 0) is 16.0 Å². The van der Waals surface area contributed by atoms with Crippen molar-refractivity contribution >= 4 is 44.1 Å². The molecule has 0 radical (unpaired) electrons. The van der Waals surface area contributed by atoms with Gasteiger partial charge in [0.05, 0.1) is 28.4 Å². The standard InChI is InChI=1S/C29H26N2O4S/c1-4-18-9-14-22-23(16-18)36-29(30-22)31-25(20-8-6-7-17(3)15-20)24(27(33)28(31)34)26(32)19-10-12-21(13-11-19)35-5-2/h6-16,25,32H,4-5H2,1-3H3/b26-24+. The number of carbonyl (C=O) groups is 2. The number of hydrogen-bond donors (Lipinski definition) is 1. The molecule has 2 heterocycles. The molecule has 3 aromatic carbocycles. The highest BCUT2D eigenvalue weighted by molar-refractivity contribution is 7.22. The van der Waals surface area contributed by atoms with Crippen molar-refractivity contribution in [2.75, 3.05) is 11.5 Å². The molecule has 0 bridgehead atoms. The SMILES string of the molecule is CCOc1ccc(/C(O)=C2\C(=O)C(=O)N(c3nc4ccc(CC)cc4s3)C2c2cccc(C)c2)cc1. The first kappa shape index (κ1) is 23.8. The van der Waals surface area contributed by atoms with E-state index in [1.165, 1.54) is 21.8 Å². The van der Waals surface area contributed by atoms with E-state index < -0.39 is 17.7 Å². The van der Waals surface area contributed by atoms with Crippen molar-refractivity contribution in [3.63, 3.8) is 0 Å². The Balaban J connectivity index is 1.68. The van der Waals surface area contributed by atoms with Crippen molar-refractivity contribution in [3.8, 4) is 5.75 Å². The second-order valence-corrected chi connectivity index (χ2v) is 9.70. The number of aliphatic hydroxyl groups excluding tert-OH is 1. The maximum atomic E-state index is 13.4. The smallest absolute Gasteiger partial charge is 0.301 e. The Hall–Kier alpha value is -3.97. The molecule has 36 heavy (non-hydrogen) atoms. The average Bonchev–Trinajstić information content (AvgIpc) is 3.42. The van der Waals surface area contributed by atoms with Gasteiger partial charge in [0.25, 0.3) is 5.78 Å². The maximum absolute atomic E-state index is 13.4. The molecule has 1 N–H and O–H groups in total. The van der Waals surface area contributed by atoms with E-state index in [0.29, 0.717) is 23.1 Å². The molecule has 1 unspecified atom stereocenters. The van der Waals surface area contributed by atoms with Crippen LogP contribution in [0.5, 0.6) is 5.75 Å². The number of aryl methyl sites for hydroxylation is 2. The fourth-order valence-corrected chi connectivity index (χ4v) is 5.55. The van der Waals surface area contributed by atoms with Crippen molar-refractivity contribution in [3.05, 3.63) is 94.6 Å². The summed E-state index contributed by atoms with van der Waals surface area (Å²) in [7, 11) is 0. The average molecular weight is 499 g/mol. The Bertz CT molecular complexity index is 1500. The number of aliphatic hydroxyl groups is 1. The van der Waals surface area contributed by atoms with Crippen LogP contribution >= 0.6 is 11.3 Å². The fourth-order valence-electron chi connectivity index (χ4n) is 4.50. The molecular formula is C29H26N2O4S. The number of ketones is 1. The van der Waals surface area contributed by atoms with E-state index >= 15 is 0 Å². The van der Waals surface area contributed by atoms with Crippen LogP contribution in [0.1, 0.15) is 42.1 Å².